The first kappa shape index (κ1) is 23.8. The van der Waals surface area contributed by atoms with Crippen molar-refractivity contribution >= 4 is 17.5 Å². The van der Waals surface area contributed by atoms with Gasteiger partial charge >= 0.3 is 0 Å². The average molecular weight is 466 g/mol. The highest BCUT2D eigenvalue weighted by atomic mass is 16.6. The summed E-state index contributed by atoms with van der Waals surface area (Å²) in [6, 6.07) is 11.3. The number of nitrogens with one attached hydrogen (secondary N) is 1. The van der Waals surface area contributed by atoms with Gasteiger partial charge in [0.15, 0.2) is 0 Å². The van der Waals surface area contributed by atoms with E-state index in [0.29, 0.717) is 50.6 Å². The van der Waals surface area contributed by atoms with Gasteiger partial charge in [-0.15, -0.1) is 0 Å². The molecule has 1 atom stereocenters. The molecule has 1 unspecified atom stereocenters. The van der Waals surface area contributed by atoms with Gasteiger partial charge in [-0.05, 0) is 43.0 Å². The minimum Gasteiger partial charge on any atom is -0.354 e. The first-order chi connectivity index (χ1) is 16.5. The second kappa shape index (κ2) is 11.2. The molecule has 0 bridgehead atoms. The molecule has 9 heteroatoms. The topological polar surface area (TPSA) is 109 Å². The molecule has 180 valence electrons. The first-order valence-electron chi connectivity index (χ1n) is 12.0. The van der Waals surface area contributed by atoms with Crippen molar-refractivity contribution in [3.63, 3.8) is 0 Å². The van der Waals surface area contributed by atoms with E-state index in [0.717, 1.165) is 31.4 Å². The van der Waals surface area contributed by atoms with Gasteiger partial charge in [0, 0.05) is 68.7 Å². The van der Waals surface area contributed by atoms with Crippen molar-refractivity contribution in [2.45, 2.75) is 38.1 Å². The van der Waals surface area contributed by atoms with Crippen LogP contribution in [0.4, 0.5) is 5.69 Å². The van der Waals surface area contributed by atoms with Crippen LogP contribution in [0.15, 0.2) is 48.7 Å². The van der Waals surface area contributed by atoms with Gasteiger partial charge in [0.25, 0.3) is 11.6 Å². The maximum Gasteiger partial charge on any atom is 0.269 e. The quantitative estimate of drug-likeness (QED) is 0.474. The number of rotatable bonds is 8. The predicted molar refractivity (Wildman–Crippen MR) is 127 cm³/mol. The number of piperazine rings is 1. The molecule has 2 aromatic rings. The third kappa shape index (κ3) is 5.77. The molecular weight excluding hydrogens is 434 g/mol. The van der Waals surface area contributed by atoms with E-state index in [1.807, 2.05) is 18.2 Å². The van der Waals surface area contributed by atoms with Gasteiger partial charge < -0.3 is 10.2 Å². The van der Waals surface area contributed by atoms with Crippen molar-refractivity contribution in [1.29, 1.82) is 0 Å². The Labute approximate surface area is 199 Å². The minimum absolute atomic E-state index is 0.0326. The van der Waals surface area contributed by atoms with Gasteiger partial charge in [-0.25, -0.2) is 0 Å². The van der Waals surface area contributed by atoms with Crippen LogP contribution in [0.2, 0.25) is 0 Å². The van der Waals surface area contributed by atoms with Crippen molar-refractivity contribution < 1.29 is 14.5 Å². The van der Waals surface area contributed by atoms with Crippen molar-refractivity contribution in [1.82, 2.24) is 20.1 Å². The Balaban J connectivity index is 1.34. The van der Waals surface area contributed by atoms with E-state index < -0.39 is 4.92 Å². The third-order valence-corrected chi connectivity index (χ3v) is 6.84. The molecule has 2 fully saturated rings. The lowest BCUT2D eigenvalue weighted by Gasteiger charge is -2.40. The van der Waals surface area contributed by atoms with Crippen molar-refractivity contribution in [3.05, 3.63) is 70.0 Å². The third-order valence-electron chi connectivity index (χ3n) is 6.84. The minimum atomic E-state index is -0.475. The lowest BCUT2D eigenvalue weighted by Crippen LogP contribution is -2.58. The van der Waals surface area contributed by atoms with Gasteiger partial charge in [-0.2, -0.15) is 0 Å². The van der Waals surface area contributed by atoms with Gasteiger partial charge in [0.2, 0.25) is 5.91 Å². The normalized spacial score (nSPS) is 17.9. The Kier molecular flexibility index (Phi) is 7.84. The molecule has 1 aliphatic carbocycles. The number of hydrogen-bond acceptors (Lipinski definition) is 6. The Hall–Kier alpha value is -3.33. The summed E-state index contributed by atoms with van der Waals surface area (Å²) in [5.41, 5.74) is 1.37. The number of pyridine rings is 1. The number of benzene rings is 1. The molecule has 1 aliphatic heterocycles. The first-order valence-corrected chi connectivity index (χ1v) is 12.0. The Morgan fingerprint density at radius 3 is 2.38 bits per heavy atom. The van der Waals surface area contributed by atoms with E-state index in [1.165, 1.54) is 24.3 Å². The summed E-state index contributed by atoms with van der Waals surface area (Å²) >= 11 is 0. The van der Waals surface area contributed by atoms with E-state index in [9.17, 15) is 19.7 Å². The second-order valence-corrected chi connectivity index (χ2v) is 8.98. The van der Waals surface area contributed by atoms with E-state index in [1.54, 1.807) is 11.1 Å². The smallest absolute Gasteiger partial charge is 0.269 e. The Morgan fingerprint density at radius 2 is 1.76 bits per heavy atom. The standard InChI is InChI=1S/C25H31N5O4/c31-24(27-14-12-21-7-3-4-13-26-21)23(19-5-1-2-6-19)28-15-17-29(18-16-28)25(32)20-8-10-22(11-9-20)30(33)34/h3-4,7-11,13,19,23H,1-2,5-6,12,14-18H2,(H,27,31). The molecular formula is C25H31N5O4. The number of nitrogens with zero attached hydrogens (tertiary/aromatic N) is 4. The molecule has 2 heterocycles. The highest BCUT2D eigenvalue weighted by Crippen LogP contribution is 2.31. The van der Waals surface area contributed by atoms with E-state index in [2.05, 4.69) is 15.2 Å². The lowest BCUT2D eigenvalue weighted by molar-refractivity contribution is -0.384. The summed E-state index contributed by atoms with van der Waals surface area (Å²) in [6.45, 7) is 2.87. The predicted octanol–water partition coefficient (Wildman–Crippen LogP) is 2.67. The molecule has 1 N–H and O–H groups in total. The maximum atomic E-state index is 13.2. The highest BCUT2D eigenvalue weighted by molar-refractivity contribution is 5.94. The molecule has 0 spiro atoms. The van der Waals surface area contributed by atoms with Crippen molar-refractivity contribution in [2.75, 3.05) is 32.7 Å². The number of non-ortho nitro benzene ring substituents is 1. The fourth-order valence-electron chi connectivity index (χ4n) is 5.03. The summed E-state index contributed by atoms with van der Waals surface area (Å²) < 4.78 is 0. The number of carbonyl (C=O) groups excluding carboxylic acids is 2. The summed E-state index contributed by atoms with van der Waals surface area (Å²) in [7, 11) is 0. The fourth-order valence-corrected chi connectivity index (χ4v) is 5.03. The number of hydrogen-bond donors (Lipinski definition) is 1. The van der Waals surface area contributed by atoms with Crippen molar-refractivity contribution in [2.24, 2.45) is 5.92 Å². The maximum absolute atomic E-state index is 13.2. The van der Waals surface area contributed by atoms with E-state index >= 15 is 0 Å². The van der Waals surface area contributed by atoms with Crippen LogP contribution in [0.25, 0.3) is 0 Å². The highest BCUT2D eigenvalue weighted by Gasteiger charge is 2.37. The van der Waals surface area contributed by atoms with Gasteiger partial charge in [0.1, 0.15) is 0 Å². The van der Waals surface area contributed by atoms with Crippen LogP contribution in [0, 0.1) is 16.0 Å². The molecule has 9 nitrogen and oxygen atoms in total. The zero-order valence-electron chi connectivity index (χ0n) is 19.3. The molecule has 2 amide bonds. The van der Waals surface area contributed by atoms with E-state index in [4.69, 9.17) is 0 Å². The SMILES string of the molecule is O=C(NCCc1ccccn1)C(C1CCCC1)N1CCN(C(=O)c2ccc([N+](=O)[O-])cc2)CC1. The number of nitro benzene ring substituents is 1. The molecule has 2 aliphatic rings. The lowest BCUT2D eigenvalue weighted by atomic mass is 9.95. The Bertz CT molecular complexity index is 984. The van der Waals surface area contributed by atoms with Crippen LogP contribution < -0.4 is 5.32 Å². The summed E-state index contributed by atoms with van der Waals surface area (Å²) in [6.07, 6.45) is 6.87. The fraction of sp³-hybridized carbons (Fsp3) is 0.480. The van der Waals surface area contributed by atoms with Crippen LogP contribution in [-0.2, 0) is 11.2 Å². The van der Waals surface area contributed by atoms with Gasteiger partial charge in [0.05, 0.1) is 11.0 Å². The monoisotopic (exact) mass is 465 g/mol. The van der Waals surface area contributed by atoms with Crippen LogP contribution in [0.1, 0.15) is 41.7 Å². The molecule has 4 rings (SSSR count). The zero-order valence-corrected chi connectivity index (χ0v) is 19.3. The van der Waals surface area contributed by atoms with Crippen LogP contribution in [0.5, 0.6) is 0 Å². The van der Waals surface area contributed by atoms with Gasteiger partial charge in [-0.3, -0.25) is 29.6 Å². The number of carbonyl (C=O) groups is 2. The second-order valence-electron chi connectivity index (χ2n) is 8.98. The molecule has 34 heavy (non-hydrogen) atoms. The molecule has 1 saturated heterocycles. The number of amides is 2. The van der Waals surface area contributed by atoms with Gasteiger partial charge in [-0.1, -0.05) is 18.9 Å². The van der Waals surface area contributed by atoms with E-state index in [-0.39, 0.29) is 23.5 Å². The molecule has 1 aromatic carbocycles. The van der Waals surface area contributed by atoms with Crippen LogP contribution in [-0.4, -0.2) is 70.3 Å². The summed E-state index contributed by atoms with van der Waals surface area (Å²) in [4.78, 5) is 44.8. The van der Waals surface area contributed by atoms with Crippen LogP contribution >= 0.6 is 0 Å². The summed E-state index contributed by atoms with van der Waals surface area (Å²) in [5.74, 6) is 0.275. The molecule has 0 radical (unpaired) electrons. The van der Waals surface area contributed by atoms with Crippen molar-refractivity contribution in [3.8, 4) is 0 Å². The Morgan fingerprint density at radius 1 is 1.06 bits per heavy atom. The molecule has 1 aromatic heterocycles. The largest absolute Gasteiger partial charge is 0.354 e. The number of aromatic nitrogens is 1. The average Bonchev–Trinajstić information content (AvgIpc) is 3.39. The summed E-state index contributed by atoms with van der Waals surface area (Å²) in [5, 5.41) is 14.0. The zero-order chi connectivity index (χ0) is 23.9. The molecule has 1 saturated carbocycles. The number of nitro groups is 1. The van der Waals surface area contributed by atoms with Crippen LogP contribution in [0.3, 0.4) is 0 Å².